The van der Waals surface area contributed by atoms with Gasteiger partial charge in [0.15, 0.2) is 0 Å². The maximum Gasteiger partial charge on any atom is 0.454 e. The van der Waals surface area contributed by atoms with Crippen LogP contribution in [0.15, 0.2) is 11.8 Å². The van der Waals surface area contributed by atoms with Crippen molar-refractivity contribution in [2.75, 3.05) is 13.1 Å². The number of halogens is 3. The second kappa shape index (κ2) is 6.93. The van der Waals surface area contributed by atoms with Crippen LogP contribution in [0.1, 0.15) is 39.5 Å². The smallest absolute Gasteiger partial charge is 0.362 e. The van der Waals surface area contributed by atoms with Gasteiger partial charge in [-0.1, -0.05) is 13.8 Å². The van der Waals surface area contributed by atoms with Crippen molar-refractivity contribution in [3.63, 3.8) is 0 Å². The van der Waals surface area contributed by atoms with Gasteiger partial charge in [0.25, 0.3) is 5.78 Å². The lowest BCUT2D eigenvalue weighted by atomic mass is 10.0. The molecule has 1 unspecified atom stereocenters. The molecule has 1 heterocycles. The molecule has 1 N–H and O–H groups in total. The summed E-state index contributed by atoms with van der Waals surface area (Å²) in [6.45, 7) is 5.47. The number of alkyl halides is 3. The molecule has 0 aromatic rings. The van der Waals surface area contributed by atoms with E-state index in [1.54, 1.807) is 0 Å². The van der Waals surface area contributed by atoms with Crippen LogP contribution in [0.4, 0.5) is 13.2 Å². The van der Waals surface area contributed by atoms with Gasteiger partial charge in [0.05, 0.1) is 6.17 Å². The van der Waals surface area contributed by atoms with Crippen molar-refractivity contribution in [3.05, 3.63) is 11.8 Å². The summed E-state index contributed by atoms with van der Waals surface area (Å²) in [5.41, 5.74) is -0.129. The SMILES string of the molecule is CCCNC1CCC(C(=O)C(F)(F)F)=CN1CCC. The number of allylic oxidation sites excluding steroid dienone is 1. The van der Waals surface area contributed by atoms with Gasteiger partial charge in [-0.05, 0) is 32.2 Å². The van der Waals surface area contributed by atoms with Crippen molar-refractivity contribution in [1.82, 2.24) is 10.2 Å². The second-order valence-electron chi connectivity index (χ2n) is 4.73. The van der Waals surface area contributed by atoms with Crippen molar-refractivity contribution in [2.45, 2.75) is 51.9 Å². The van der Waals surface area contributed by atoms with Gasteiger partial charge in [0, 0.05) is 18.3 Å². The molecule has 0 spiro atoms. The normalized spacial score (nSPS) is 20.4. The molecule has 0 fully saturated rings. The van der Waals surface area contributed by atoms with Crippen LogP contribution in [0, 0.1) is 0 Å². The molecule has 1 rings (SSSR count). The Morgan fingerprint density at radius 2 is 2.11 bits per heavy atom. The largest absolute Gasteiger partial charge is 0.454 e. The number of Topliss-reactive ketones (excluding diaryl/α,β-unsaturated/α-hetero) is 1. The third-order valence-corrected chi connectivity index (χ3v) is 3.07. The highest BCUT2D eigenvalue weighted by Gasteiger charge is 2.41. The van der Waals surface area contributed by atoms with Crippen LogP contribution in [-0.4, -0.2) is 36.1 Å². The van der Waals surface area contributed by atoms with Crippen LogP contribution in [-0.2, 0) is 4.79 Å². The Labute approximate surface area is 111 Å². The Hall–Kier alpha value is -1.04. The Kier molecular flexibility index (Phi) is 5.85. The van der Waals surface area contributed by atoms with E-state index in [4.69, 9.17) is 0 Å². The number of carbonyl (C=O) groups is 1. The van der Waals surface area contributed by atoms with Gasteiger partial charge < -0.3 is 4.90 Å². The third kappa shape index (κ3) is 4.53. The molecule has 0 radical (unpaired) electrons. The molecule has 0 aliphatic carbocycles. The quantitative estimate of drug-likeness (QED) is 0.811. The molecular weight excluding hydrogens is 257 g/mol. The summed E-state index contributed by atoms with van der Waals surface area (Å²) in [6, 6.07) is 0. The zero-order chi connectivity index (χ0) is 14.5. The maximum absolute atomic E-state index is 12.4. The first kappa shape index (κ1) is 16.0. The van der Waals surface area contributed by atoms with E-state index in [1.165, 1.54) is 6.20 Å². The van der Waals surface area contributed by atoms with E-state index in [-0.39, 0.29) is 18.2 Å². The van der Waals surface area contributed by atoms with Gasteiger partial charge in [0.2, 0.25) is 0 Å². The van der Waals surface area contributed by atoms with E-state index < -0.39 is 12.0 Å². The molecule has 19 heavy (non-hydrogen) atoms. The average molecular weight is 278 g/mol. The van der Waals surface area contributed by atoms with E-state index >= 15 is 0 Å². The minimum Gasteiger partial charge on any atom is -0.362 e. The Morgan fingerprint density at radius 3 is 2.63 bits per heavy atom. The van der Waals surface area contributed by atoms with Crippen molar-refractivity contribution in [2.24, 2.45) is 0 Å². The number of hydrogen-bond donors (Lipinski definition) is 1. The van der Waals surface area contributed by atoms with Crippen LogP contribution >= 0.6 is 0 Å². The predicted molar refractivity (Wildman–Crippen MR) is 67.5 cm³/mol. The van der Waals surface area contributed by atoms with Crippen molar-refractivity contribution in [3.8, 4) is 0 Å². The van der Waals surface area contributed by atoms with Crippen molar-refractivity contribution < 1.29 is 18.0 Å². The summed E-state index contributed by atoms with van der Waals surface area (Å²) in [7, 11) is 0. The number of nitrogens with one attached hydrogen (secondary N) is 1. The van der Waals surface area contributed by atoms with Crippen LogP contribution in [0.2, 0.25) is 0 Å². The molecule has 0 aromatic carbocycles. The molecule has 0 saturated carbocycles. The number of rotatable bonds is 6. The van der Waals surface area contributed by atoms with E-state index in [0.717, 1.165) is 19.4 Å². The average Bonchev–Trinajstić information content (AvgIpc) is 2.35. The van der Waals surface area contributed by atoms with Crippen molar-refractivity contribution >= 4 is 5.78 Å². The maximum atomic E-state index is 12.4. The molecule has 0 amide bonds. The predicted octanol–water partition coefficient (Wildman–Crippen LogP) is 2.83. The van der Waals surface area contributed by atoms with Gasteiger partial charge in [-0.3, -0.25) is 10.1 Å². The van der Waals surface area contributed by atoms with Crippen LogP contribution in [0.3, 0.4) is 0 Å². The Bertz CT molecular complexity index is 339. The monoisotopic (exact) mass is 278 g/mol. The van der Waals surface area contributed by atoms with Gasteiger partial charge in [-0.25, -0.2) is 0 Å². The summed E-state index contributed by atoms with van der Waals surface area (Å²) in [4.78, 5) is 13.1. The lowest BCUT2D eigenvalue weighted by Crippen LogP contribution is -2.46. The van der Waals surface area contributed by atoms with Crippen molar-refractivity contribution in [1.29, 1.82) is 0 Å². The summed E-state index contributed by atoms with van der Waals surface area (Å²) in [5, 5.41) is 3.29. The van der Waals surface area contributed by atoms with Gasteiger partial charge >= 0.3 is 6.18 Å². The summed E-state index contributed by atoms with van der Waals surface area (Å²) < 4.78 is 37.3. The molecule has 0 bridgehead atoms. The fourth-order valence-corrected chi connectivity index (χ4v) is 2.18. The fraction of sp³-hybridized carbons (Fsp3) is 0.769. The molecule has 110 valence electrons. The van der Waals surface area contributed by atoms with E-state index in [2.05, 4.69) is 5.32 Å². The molecule has 6 heteroatoms. The van der Waals surface area contributed by atoms with E-state index in [1.807, 2.05) is 18.7 Å². The van der Waals surface area contributed by atoms with Crippen LogP contribution in [0.5, 0.6) is 0 Å². The number of carbonyl (C=O) groups excluding carboxylic acids is 1. The number of nitrogens with zero attached hydrogens (tertiary/aromatic N) is 1. The topological polar surface area (TPSA) is 32.3 Å². The molecule has 0 saturated heterocycles. The zero-order valence-corrected chi connectivity index (χ0v) is 11.4. The molecular formula is C13H21F3N2O. The summed E-state index contributed by atoms with van der Waals surface area (Å²) >= 11 is 0. The summed E-state index contributed by atoms with van der Waals surface area (Å²) in [5.74, 6) is -1.71. The highest BCUT2D eigenvalue weighted by molar-refractivity contribution is 5.99. The van der Waals surface area contributed by atoms with Gasteiger partial charge in [-0.15, -0.1) is 0 Å². The minimum atomic E-state index is -4.77. The van der Waals surface area contributed by atoms with Gasteiger partial charge in [0.1, 0.15) is 0 Å². The molecule has 3 nitrogen and oxygen atoms in total. The molecule has 1 atom stereocenters. The number of hydrogen-bond acceptors (Lipinski definition) is 3. The molecule has 0 aromatic heterocycles. The number of ketones is 1. The first-order valence-corrected chi connectivity index (χ1v) is 6.71. The standard InChI is InChI=1S/C13H21F3N2O/c1-3-7-17-11-6-5-10(9-18(11)8-4-2)12(19)13(14,15)16/h9,11,17H,3-8H2,1-2H3. The van der Waals surface area contributed by atoms with Crippen LogP contribution < -0.4 is 5.32 Å². The van der Waals surface area contributed by atoms with E-state index in [9.17, 15) is 18.0 Å². The second-order valence-corrected chi connectivity index (χ2v) is 4.73. The minimum absolute atomic E-state index is 0.0321. The lowest BCUT2D eigenvalue weighted by molar-refractivity contribution is -0.167. The first-order valence-electron chi connectivity index (χ1n) is 6.71. The van der Waals surface area contributed by atoms with Crippen LogP contribution in [0.25, 0.3) is 0 Å². The Balaban J connectivity index is 2.79. The first-order chi connectivity index (χ1) is 8.90. The molecule has 1 aliphatic heterocycles. The molecule has 1 aliphatic rings. The highest BCUT2D eigenvalue weighted by atomic mass is 19.4. The fourth-order valence-electron chi connectivity index (χ4n) is 2.18. The third-order valence-electron chi connectivity index (χ3n) is 3.07. The lowest BCUT2D eigenvalue weighted by Gasteiger charge is -2.35. The summed E-state index contributed by atoms with van der Waals surface area (Å²) in [6.07, 6.45) is -0.843. The zero-order valence-electron chi connectivity index (χ0n) is 11.4. The Morgan fingerprint density at radius 1 is 1.42 bits per heavy atom. The van der Waals surface area contributed by atoms with Gasteiger partial charge in [-0.2, -0.15) is 13.2 Å². The van der Waals surface area contributed by atoms with E-state index in [0.29, 0.717) is 13.0 Å². The highest BCUT2D eigenvalue weighted by Crippen LogP contribution is 2.27.